The molecular formula is C6H13NO3S. The Morgan fingerprint density at radius 3 is 2.55 bits per heavy atom. The summed E-state index contributed by atoms with van der Waals surface area (Å²) in [6, 6.07) is 0. The lowest BCUT2D eigenvalue weighted by Gasteiger charge is -2.11. The first kappa shape index (κ1) is 10.6. The molecule has 0 saturated heterocycles. The maximum Gasteiger partial charge on any atom is 0.199 e. The first-order chi connectivity index (χ1) is 5.08. The van der Waals surface area contributed by atoms with Crippen molar-refractivity contribution in [2.45, 2.75) is 12.4 Å². The Morgan fingerprint density at radius 2 is 2.27 bits per heavy atom. The molecular weight excluding hydrogens is 166 g/mol. The van der Waals surface area contributed by atoms with Gasteiger partial charge in [0.25, 0.3) is 0 Å². The number of ether oxygens (including phenoxy) is 1. The molecule has 0 aromatic rings. The fraction of sp³-hybridized carbons (Fsp3) is 0.667. The topological polar surface area (TPSA) is 69.4 Å². The standard InChI is InChI=1S/C6H13NO3S/c1-3-10-6(5-7)11(8,9)4-2/h4,6H,2-3,5,7H2,1H3. The van der Waals surface area contributed by atoms with E-state index < -0.39 is 15.3 Å². The molecule has 0 aromatic heterocycles. The van der Waals surface area contributed by atoms with E-state index in [4.69, 9.17) is 10.5 Å². The minimum atomic E-state index is -3.36. The molecule has 0 radical (unpaired) electrons. The van der Waals surface area contributed by atoms with E-state index in [1.807, 2.05) is 0 Å². The maximum absolute atomic E-state index is 11.0. The third-order valence-corrected chi connectivity index (χ3v) is 2.67. The van der Waals surface area contributed by atoms with Crippen molar-refractivity contribution in [3.63, 3.8) is 0 Å². The quantitative estimate of drug-likeness (QED) is 0.638. The van der Waals surface area contributed by atoms with Crippen LogP contribution < -0.4 is 5.73 Å². The molecule has 0 bridgehead atoms. The van der Waals surface area contributed by atoms with Crippen LogP contribution in [0.1, 0.15) is 6.92 Å². The molecule has 0 rings (SSSR count). The van der Waals surface area contributed by atoms with Gasteiger partial charge in [0.15, 0.2) is 15.3 Å². The third-order valence-electron chi connectivity index (χ3n) is 1.14. The van der Waals surface area contributed by atoms with Crippen LogP contribution in [0.25, 0.3) is 0 Å². The van der Waals surface area contributed by atoms with Crippen LogP contribution in [0.2, 0.25) is 0 Å². The molecule has 66 valence electrons. The van der Waals surface area contributed by atoms with E-state index in [0.29, 0.717) is 6.61 Å². The van der Waals surface area contributed by atoms with Gasteiger partial charge in [-0.3, -0.25) is 0 Å². The van der Waals surface area contributed by atoms with Crippen LogP contribution in [-0.2, 0) is 14.6 Å². The molecule has 0 heterocycles. The lowest BCUT2D eigenvalue weighted by Crippen LogP contribution is -2.30. The van der Waals surface area contributed by atoms with Crippen molar-refractivity contribution in [3.05, 3.63) is 12.0 Å². The van der Waals surface area contributed by atoms with E-state index in [1.54, 1.807) is 6.92 Å². The molecule has 1 atom stereocenters. The number of nitrogens with two attached hydrogens (primary N) is 1. The summed E-state index contributed by atoms with van der Waals surface area (Å²) in [7, 11) is -3.36. The van der Waals surface area contributed by atoms with Gasteiger partial charge in [0.05, 0.1) is 0 Å². The molecule has 0 aliphatic rings. The minimum absolute atomic E-state index is 0.0395. The van der Waals surface area contributed by atoms with Gasteiger partial charge < -0.3 is 10.5 Å². The number of hydrogen-bond donors (Lipinski definition) is 1. The zero-order valence-corrected chi connectivity index (χ0v) is 7.30. The Kier molecular flexibility index (Phi) is 4.32. The Labute approximate surface area is 67.0 Å². The van der Waals surface area contributed by atoms with Gasteiger partial charge in [-0.25, -0.2) is 8.42 Å². The molecule has 0 saturated carbocycles. The second-order valence-electron chi connectivity index (χ2n) is 1.88. The summed E-state index contributed by atoms with van der Waals surface area (Å²) in [6.45, 7) is 5.16. The first-order valence-corrected chi connectivity index (χ1v) is 4.87. The van der Waals surface area contributed by atoms with Crippen LogP contribution >= 0.6 is 0 Å². The smallest absolute Gasteiger partial charge is 0.199 e. The van der Waals surface area contributed by atoms with E-state index >= 15 is 0 Å². The van der Waals surface area contributed by atoms with Gasteiger partial charge in [-0.1, -0.05) is 6.58 Å². The number of rotatable bonds is 5. The van der Waals surface area contributed by atoms with Crippen molar-refractivity contribution in [3.8, 4) is 0 Å². The lowest BCUT2D eigenvalue weighted by atomic mass is 10.7. The van der Waals surface area contributed by atoms with E-state index in [0.717, 1.165) is 5.41 Å². The molecule has 1 unspecified atom stereocenters. The average molecular weight is 179 g/mol. The minimum Gasteiger partial charge on any atom is -0.361 e. The monoisotopic (exact) mass is 179 g/mol. The third kappa shape index (κ3) is 3.00. The fourth-order valence-corrected chi connectivity index (χ4v) is 1.40. The van der Waals surface area contributed by atoms with Gasteiger partial charge in [-0.15, -0.1) is 0 Å². The van der Waals surface area contributed by atoms with E-state index in [1.165, 1.54) is 0 Å². The fourth-order valence-electron chi connectivity index (χ4n) is 0.590. The van der Waals surface area contributed by atoms with Crippen molar-refractivity contribution >= 4 is 9.84 Å². The molecule has 2 N–H and O–H groups in total. The van der Waals surface area contributed by atoms with Crippen LogP contribution in [0.5, 0.6) is 0 Å². The predicted molar refractivity (Wildman–Crippen MR) is 43.6 cm³/mol. The Balaban J connectivity index is 4.37. The average Bonchev–Trinajstić information content (AvgIpc) is 2.00. The molecule has 0 fully saturated rings. The molecule has 5 heteroatoms. The summed E-state index contributed by atoms with van der Waals surface area (Å²) in [6.07, 6.45) is 0. The zero-order chi connectivity index (χ0) is 8.91. The zero-order valence-electron chi connectivity index (χ0n) is 6.49. The largest absolute Gasteiger partial charge is 0.361 e. The van der Waals surface area contributed by atoms with E-state index in [2.05, 4.69) is 6.58 Å². The van der Waals surface area contributed by atoms with Crippen molar-refractivity contribution in [1.29, 1.82) is 0 Å². The second kappa shape index (κ2) is 4.48. The van der Waals surface area contributed by atoms with Crippen LogP contribution in [-0.4, -0.2) is 27.0 Å². The molecule has 0 spiro atoms. The van der Waals surface area contributed by atoms with Crippen LogP contribution in [0.15, 0.2) is 12.0 Å². The highest BCUT2D eigenvalue weighted by atomic mass is 32.2. The highest BCUT2D eigenvalue weighted by Gasteiger charge is 2.20. The van der Waals surface area contributed by atoms with E-state index in [9.17, 15) is 8.42 Å². The highest BCUT2D eigenvalue weighted by molar-refractivity contribution is 7.94. The molecule has 11 heavy (non-hydrogen) atoms. The van der Waals surface area contributed by atoms with Gasteiger partial charge >= 0.3 is 0 Å². The summed E-state index contributed by atoms with van der Waals surface area (Å²) >= 11 is 0. The van der Waals surface area contributed by atoms with Crippen molar-refractivity contribution in [1.82, 2.24) is 0 Å². The number of hydrogen-bond acceptors (Lipinski definition) is 4. The Morgan fingerprint density at radius 1 is 1.73 bits per heavy atom. The maximum atomic E-state index is 11.0. The van der Waals surface area contributed by atoms with Gasteiger partial charge in [0.1, 0.15) is 0 Å². The molecule has 4 nitrogen and oxygen atoms in total. The summed E-state index contributed by atoms with van der Waals surface area (Å²) in [5.41, 5.74) is 4.23. The van der Waals surface area contributed by atoms with Crippen molar-refractivity contribution in [2.75, 3.05) is 13.2 Å². The molecule has 0 amide bonds. The first-order valence-electron chi connectivity index (χ1n) is 3.26. The number of sulfone groups is 1. The summed E-state index contributed by atoms with van der Waals surface area (Å²) < 4.78 is 26.9. The van der Waals surface area contributed by atoms with Gasteiger partial charge in [0, 0.05) is 18.6 Å². The molecule has 0 aromatic carbocycles. The normalized spacial score (nSPS) is 14.4. The summed E-state index contributed by atoms with van der Waals surface area (Å²) in [5.74, 6) is 0. The SMILES string of the molecule is C=CS(=O)(=O)C(CN)OCC. The van der Waals surface area contributed by atoms with Crippen LogP contribution in [0.4, 0.5) is 0 Å². The van der Waals surface area contributed by atoms with Crippen molar-refractivity contribution in [2.24, 2.45) is 5.73 Å². The second-order valence-corrected chi connectivity index (χ2v) is 3.91. The van der Waals surface area contributed by atoms with Gasteiger partial charge in [-0.2, -0.15) is 0 Å². The van der Waals surface area contributed by atoms with Crippen molar-refractivity contribution < 1.29 is 13.2 Å². The molecule has 0 aliphatic carbocycles. The van der Waals surface area contributed by atoms with Gasteiger partial charge in [0.2, 0.25) is 0 Å². The summed E-state index contributed by atoms with van der Waals surface area (Å²) in [5, 5.41) is 0.861. The molecule has 0 aliphatic heterocycles. The highest BCUT2D eigenvalue weighted by Crippen LogP contribution is 2.03. The van der Waals surface area contributed by atoms with E-state index in [-0.39, 0.29) is 6.54 Å². The lowest BCUT2D eigenvalue weighted by molar-refractivity contribution is 0.123. The predicted octanol–water partition coefficient (Wildman–Crippen LogP) is -0.134. The van der Waals surface area contributed by atoms with Gasteiger partial charge in [-0.05, 0) is 6.92 Å². The Bertz CT molecular complexity index is 210. The Hall–Kier alpha value is -0.390. The van der Waals surface area contributed by atoms with Crippen LogP contribution in [0, 0.1) is 0 Å². The van der Waals surface area contributed by atoms with Crippen LogP contribution in [0.3, 0.4) is 0 Å². The summed E-state index contributed by atoms with van der Waals surface area (Å²) in [4.78, 5) is 0.